The number of hydrogen-bond donors (Lipinski definition) is 1. The SMILES string of the molecule is CCCCCc1sc(CO)cc1C1=C(c2c(CC)sc3ccccc23)C(F)(F)C(F)(F)C1(F)F. The third-order valence-electron chi connectivity index (χ3n) is 6.20. The lowest BCUT2D eigenvalue weighted by atomic mass is 9.91. The Kier molecular flexibility index (Phi) is 6.68. The second kappa shape index (κ2) is 8.99. The second-order valence-corrected chi connectivity index (χ2v) is 10.7. The summed E-state index contributed by atoms with van der Waals surface area (Å²) in [5.41, 5.74) is -3.14. The van der Waals surface area contributed by atoms with E-state index in [1.165, 1.54) is 12.1 Å². The van der Waals surface area contributed by atoms with Gasteiger partial charge in [0.25, 0.3) is 0 Å². The van der Waals surface area contributed by atoms with Gasteiger partial charge in [-0.3, -0.25) is 0 Å². The van der Waals surface area contributed by atoms with Gasteiger partial charge in [0.1, 0.15) is 0 Å². The van der Waals surface area contributed by atoms with Gasteiger partial charge < -0.3 is 5.11 Å². The van der Waals surface area contributed by atoms with Gasteiger partial charge >= 0.3 is 17.8 Å². The Bertz CT molecular complexity index is 1240. The van der Waals surface area contributed by atoms with Gasteiger partial charge in [-0.25, -0.2) is 0 Å². The van der Waals surface area contributed by atoms with Crippen molar-refractivity contribution in [2.75, 3.05) is 0 Å². The molecule has 2 heterocycles. The number of unbranched alkanes of at least 4 members (excludes halogenated alkanes) is 2. The van der Waals surface area contributed by atoms with E-state index >= 15 is 17.6 Å². The van der Waals surface area contributed by atoms with E-state index in [9.17, 15) is 13.9 Å². The summed E-state index contributed by atoms with van der Waals surface area (Å²) in [6, 6.07) is 7.60. The van der Waals surface area contributed by atoms with Crippen LogP contribution in [0.4, 0.5) is 26.3 Å². The van der Waals surface area contributed by atoms with Gasteiger partial charge in [0.05, 0.1) is 6.61 Å². The first kappa shape index (κ1) is 25.3. The molecular weight excluding hydrogens is 494 g/mol. The lowest BCUT2D eigenvalue weighted by Gasteiger charge is -2.26. The van der Waals surface area contributed by atoms with Gasteiger partial charge in [-0.2, -0.15) is 26.3 Å². The molecule has 184 valence electrons. The molecule has 0 bridgehead atoms. The molecule has 0 spiro atoms. The summed E-state index contributed by atoms with van der Waals surface area (Å²) in [5.74, 6) is -15.8. The van der Waals surface area contributed by atoms with E-state index in [4.69, 9.17) is 0 Å². The first-order valence-electron chi connectivity index (χ1n) is 11.1. The Balaban J connectivity index is 2.10. The predicted molar refractivity (Wildman–Crippen MR) is 126 cm³/mol. The number of fused-ring (bicyclic) bond motifs is 1. The lowest BCUT2D eigenvalue weighted by Crippen LogP contribution is -2.49. The van der Waals surface area contributed by atoms with E-state index in [2.05, 4.69) is 0 Å². The number of aliphatic hydroxyl groups is 1. The molecular formula is C25H24F6OS2. The van der Waals surface area contributed by atoms with E-state index in [0.29, 0.717) is 20.9 Å². The standard InChI is InChI=1S/C25H24F6OS2/c1-3-5-6-10-19-16(12-14(13-32)33-19)21-22(24(28,29)25(30,31)23(21,26)27)20-15-9-7-8-11-18(15)34-17(20)4-2/h7-9,11-12,32H,3-6,10,13H2,1-2H3. The van der Waals surface area contributed by atoms with Crippen molar-refractivity contribution in [3.8, 4) is 0 Å². The third-order valence-corrected chi connectivity index (χ3v) is 8.69. The number of aliphatic hydroxyl groups excluding tert-OH is 1. The third kappa shape index (κ3) is 3.62. The molecule has 0 atom stereocenters. The Labute approximate surface area is 201 Å². The molecule has 0 amide bonds. The molecule has 1 aliphatic carbocycles. The molecule has 0 saturated carbocycles. The highest BCUT2D eigenvalue weighted by molar-refractivity contribution is 7.19. The van der Waals surface area contributed by atoms with Crippen LogP contribution in [0, 0.1) is 0 Å². The van der Waals surface area contributed by atoms with Crippen molar-refractivity contribution in [1.82, 2.24) is 0 Å². The van der Waals surface area contributed by atoms with Crippen molar-refractivity contribution in [2.24, 2.45) is 0 Å². The normalized spacial score (nSPS) is 18.9. The number of hydrogen-bond acceptors (Lipinski definition) is 3. The number of thiophene rings is 2. The number of benzene rings is 1. The van der Waals surface area contributed by atoms with Gasteiger partial charge in [-0.15, -0.1) is 22.7 Å². The maximum atomic E-state index is 15.4. The largest absolute Gasteiger partial charge is 0.391 e. The summed E-state index contributed by atoms with van der Waals surface area (Å²) in [5, 5.41) is 9.87. The van der Waals surface area contributed by atoms with Crippen LogP contribution in [-0.2, 0) is 19.4 Å². The van der Waals surface area contributed by atoms with Crippen molar-refractivity contribution >= 4 is 43.9 Å². The minimum atomic E-state index is -5.60. The molecule has 9 heteroatoms. The predicted octanol–water partition coefficient (Wildman–Crippen LogP) is 8.58. The minimum absolute atomic E-state index is 0.226. The smallest absolute Gasteiger partial charge is 0.380 e. The van der Waals surface area contributed by atoms with Crippen LogP contribution in [0.5, 0.6) is 0 Å². The topological polar surface area (TPSA) is 20.2 Å². The van der Waals surface area contributed by atoms with E-state index in [1.807, 2.05) is 6.92 Å². The molecule has 2 aromatic heterocycles. The summed E-state index contributed by atoms with van der Waals surface area (Å²) in [7, 11) is 0. The number of aryl methyl sites for hydroxylation is 2. The molecule has 1 N–H and O–H groups in total. The van der Waals surface area contributed by atoms with Crippen LogP contribution in [0.3, 0.4) is 0 Å². The zero-order valence-electron chi connectivity index (χ0n) is 18.7. The summed E-state index contributed by atoms with van der Waals surface area (Å²) < 4.78 is 91.9. The van der Waals surface area contributed by atoms with E-state index in [-0.39, 0.29) is 34.2 Å². The van der Waals surface area contributed by atoms with Crippen molar-refractivity contribution in [1.29, 1.82) is 0 Å². The Hall–Kier alpha value is -1.84. The molecule has 1 aliphatic rings. The Morgan fingerprint density at radius 3 is 2.18 bits per heavy atom. The Morgan fingerprint density at radius 2 is 1.53 bits per heavy atom. The summed E-state index contributed by atoms with van der Waals surface area (Å²) in [4.78, 5) is 0.941. The fourth-order valence-electron chi connectivity index (χ4n) is 4.53. The minimum Gasteiger partial charge on any atom is -0.391 e. The van der Waals surface area contributed by atoms with Crippen LogP contribution in [0.25, 0.3) is 21.2 Å². The highest BCUT2D eigenvalue weighted by Gasteiger charge is 2.80. The highest BCUT2D eigenvalue weighted by atomic mass is 32.1. The fraction of sp³-hybridized carbons (Fsp3) is 0.440. The van der Waals surface area contributed by atoms with Crippen LogP contribution in [0.15, 0.2) is 30.3 Å². The average molecular weight is 519 g/mol. The van der Waals surface area contributed by atoms with Gasteiger partial charge in [0, 0.05) is 41.4 Å². The van der Waals surface area contributed by atoms with Crippen LogP contribution in [-0.4, -0.2) is 22.9 Å². The van der Waals surface area contributed by atoms with Crippen LogP contribution in [0.1, 0.15) is 58.9 Å². The van der Waals surface area contributed by atoms with Crippen molar-refractivity contribution in [3.63, 3.8) is 0 Å². The van der Waals surface area contributed by atoms with Gasteiger partial charge in [0.15, 0.2) is 0 Å². The molecule has 3 aromatic rings. The van der Waals surface area contributed by atoms with Gasteiger partial charge in [-0.05, 0) is 37.0 Å². The monoisotopic (exact) mass is 518 g/mol. The molecule has 4 rings (SSSR count). The molecule has 0 radical (unpaired) electrons. The zero-order chi connectivity index (χ0) is 24.9. The number of halogens is 6. The molecule has 0 aliphatic heterocycles. The number of alkyl halides is 6. The zero-order valence-corrected chi connectivity index (χ0v) is 20.3. The molecule has 0 unspecified atom stereocenters. The van der Waals surface area contributed by atoms with E-state index in [0.717, 1.165) is 35.5 Å². The average Bonchev–Trinajstić information content (AvgIpc) is 3.40. The molecule has 1 nitrogen and oxygen atoms in total. The Morgan fingerprint density at radius 1 is 0.853 bits per heavy atom. The lowest BCUT2D eigenvalue weighted by molar-refractivity contribution is -0.254. The van der Waals surface area contributed by atoms with Crippen molar-refractivity contribution < 1.29 is 31.4 Å². The van der Waals surface area contributed by atoms with Crippen molar-refractivity contribution in [2.45, 2.75) is 70.3 Å². The van der Waals surface area contributed by atoms with E-state index < -0.39 is 35.5 Å². The quantitative estimate of drug-likeness (QED) is 0.234. The summed E-state index contributed by atoms with van der Waals surface area (Å²) in [6.45, 7) is 3.14. The molecule has 0 fully saturated rings. The number of rotatable bonds is 8. The van der Waals surface area contributed by atoms with Gasteiger partial charge in [-0.1, -0.05) is 44.9 Å². The molecule has 34 heavy (non-hydrogen) atoms. The summed E-state index contributed by atoms with van der Waals surface area (Å²) in [6.07, 6.45) is 2.72. The van der Waals surface area contributed by atoms with Crippen LogP contribution < -0.4 is 0 Å². The fourth-order valence-corrected chi connectivity index (χ4v) is 6.75. The van der Waals surface area contributed by atoms with Gasteiger partial charge in [0.2, 0.25) is 0 Å². The maximum absolute atomic E-state index is 15.4. The van der Waals surface area contributed by atoms with Crippen molar-refractivity contribution in [3.05, 3.63) is 56.1 Å². The highest BCUT2D eigenvalue weighted by Crippen LogP contribution is 2.66. The van der Waals surface area contributed by atoms with Crippen LogP contribution >= 0.6 is 22.7 Å². The van der Waals surface area contributed by atoms with Crippen LogP contribution in [0.2, 0.25) is 0 Å². The molecule has 0 saturated heterocycles. The first-order valence-corrected chi connectivity index (χ1v) is 12.8. The maximum Gasteiger partial charge on any atom is 0.380 e. The molecule has 1 aromatic carbocycles. The second-order valence-electron chi connectivity index (χ2n) is 8.39. The summed E-state index contributed by atoms with van der Waals surface area (Å²) >= 11 is 2.15. The van der Waals surface area contributed by atoms with E-state index in [1.54, 1.807) is 25.1 Å². The number of allylic oxidation sites excluding steroid dienone is 2. The first-order chi connectivity index (χ1) is 16.0.